The van der Waals surface area contributed by atoms with Crippen molar-refractivity contribution in [1.29, 1.82) is 0 Å². The van der Waals surface area contributed by atoms with Gasteiger partial charge in [-0.1, -0.05) is 53.4 Å². The SMILES string of the molecule is CCCCC(CC)COC(=O)OOCC(C)CC. The molecule has 0 N–H and O–H groups in total. The molecule has 0 heterocycles. The highest BCUT2D eigenvalue weighted by Gasteiger charge is 2.12. The molecule has 2 unspecified atom stereocenters. The van der Waals surface area contributed by atoms with Gasteiger partial charge in [-0.2, -0.15) is 4.89 Å². The van der Waals surface area contributed by atoms with Crippen molar-refractivity contribution >= 4 is 6.16 Å². The summed E-state index contributed by atoms with van der Waals surface area (Å²) < 4.78 is 5.02. The van der Waals surface area contributed by atoms with Crippen molar-refractivity contribution in [2.45, 2.75) is 59.8 Å². The van der Waals surface area contributed by atoms with E-state index in [9.17, 15) is 4.79 Å². The molecule has 2 atom stereocenters. The van der Waals surface area contributed by atoms with Crippen LogP contribution in [-0.4, -0.2) is 19.4 Å². The third kappa shape index (κ3) is 9.28. The summed E-state index contributed by atoms with van der Waals surface area (Å²) in [5.74, 6) is 0.804. The van der Waals surface area contributed by atoms with Crippen LogP contribution in [0.4, 0.5) is 4.79 Å². The molecule has 0 saturated heterocycles. The van der Waals surface area contributed by atoms with Gasteiger partial charge in [0.2, 0.25) is 0 Å². The van der Waals surface area contributed by atoms with Crippen LogP contribution in [0.5, 0.6) is 0 Å². The monoisotopic (exact) mass is 260 g/mol. The van der Waals surface area contributed by atoms with E-state index in [4.69, 9.17) is 9.62 Å². The number of hydrogen-bond acceptors (Lipinski definition) is 4. The Kier molecular flexibility index (Phi) is 10.8. The molecule has 0 spiro atoms. The Bertz CT molecular complexity index is 206. The van der Waals surface area contributed by atoms with E-state index in [-0.39, 0.29) is 0 Å². The minimum Gasteiger partial charge on any atom is -0.432 e. The Balaban J connectivity index is 3.61. The van der Waals surface area contributed by atoms with Gasteiger partial charge in [0, 0.05) is 0 Å². The molecule has 0 fully saturated rings. The Labute approximate surface area is 111 Å². The first kappa shape index (κ1) is 17.2. The van der Waals surface area contributed by atoms with Crippen molar-refractivity contribution in [3.8, 4) is 0 Å². The Morgan fingerprint density at radius 3 is 2.39 bits per heavy atom. The van der Waals surface area contributed by atoms with Gasteiger partial charge >= 0.3 is 6.16 Å². The molecule has 4 nitrogen and oxygen atoms in total. The van der Waals surface area contributed by atoms with Gasteiger partial charge in [0.05, 0.1) is 13.2 Å². The highest BCUT2D eigenvalue weighted by molar-refractivity contribution is 5.58. The van der Waals surface area contributed by atoms with Crippen LogP contribution in [0, 0.1) is 11.8 Å². The summed E-state index contributed by atoms with van der Waals surface area (Å²) in [5, 5.41) is 0. The minimum absolute atomic E-state index is 0.380. The van der Waals surface area contributed by atoms with Crippen LogP contribution in [0.3, 0.4) is 0 Å². The maximum absolute atomic E-state index is 11.2. The average Bonchev–Trinajstić information content (AvgIpc) is 2.38. The number of rotatable bonds is 10. The van der Waals surface area contributed by atoms with Crippen LogP contribution in [-0.2, 0) is 14.5 Å². The Morgan fingerprint density at radius 1 is 1.11 bits per heavy atom. The van der Waals surface area contributed by atoms with Gasteiger partial charge in [-0.25, -0.2) is 4.79 Å². The van der Waals surface area contributed by atoms with Gasteiger partial charge in [-0.3, -0.25) is 4.89 Å². The molecule has 0 rings (SSSR count). The van der Waals surface area contributed by atoms with E-state index < -0.39 is 6.16 Å². The lowest BCUT2D eigenvalue weighted by Crippen LogP contribution is -2.16. The zero-order valence-corrected chi connectivity index (χ0v) is 12.2. The van der Waals surface area contributed by atoms with Crippen molar-refractivity contribution in [3.05, 3.63) is 0 Å². The van der Waals surface area contributed by atoms with Crippen molar-refractivity contribution in [3.63, 3.8) is 0 Å². The highest BCUT2D eigenvalue weighted by atomic mass is 17.2. The van der Waals surface area contributed by atoms with E-state index in [0.717, 1.165) is 19.3 Å². The van der Waals surface area contributed by atoms with Gasteiger partial charge < -0.3 is 4.74 Å². The Morgan fingerprint density at radius 2 is 1.83 bits per heavy atom. The van der Waals surface area contributed by atoms with Crippen LogP contribution >= 0.6 is 0 Å². The lowest BCUT2D eigenvalue weighted by molar-refractivity contribution is -0.262. The van der Waals surface area contributed by atoms with Crippen molar-refractivity contribution in [2.75, 3.05) is 13.2 Å². The van der Waals surface area contributed by atoms with Gasteiger partial charge in [0.1, 0.15) is 0 Å². The maximum atomic E-state index is 11.2. The molecule has 4 heteroatoms. The van der Waals surface area contributed by atoms with Crippen LogP contribution < -0.4 is 0 Å². The molecule has 0 aliphatic carbocycles. The summed E-state index contributed by atoms with van der Waals surface area (Å²) in [7, 11) is 0. The zero-order chi connectivity index (χ0) is 13.8. The predicted octanol–water partition coefficient (Wildman–Crippen LogP) is 4.33. The first-order chi connectivity index (χ1) is 8.63. The summed E-state index contributed by atoms with van der Waals surface area (Å²) in [6, 6.07) is 0. The molecule has 0 amide bonds. The molecule has 0 aromatic carbocycles. The third-order valence-electron chi connectivity index (χ3n) is 3.16. The summed E-state index contributed by atoms with van der Waals surface area (Å²) >= 11 is 0. The Hall–Kier alpha value is -0.770. The molecule has 0 radical (unpaired) electrons. The fourth-order valence-corrected chi connectivity index (χ4v) is 1.42. The molecule has 0 bridgehead atoms. The fourth-order valence-electron chi connectivity index (χ4n) is 1.42. The van der Waals surface area contributed by atoms with Gasteiger partial charge in [-0.05, 0) is 18.3 Å². The number of carbonyl (C=O) groups is 1. The number of unbranched alkanes of at least 4 members (excludes halogenated alkanes) is 1. The largest absolute Gasteiger partial charge is 0.540 e. The van der Waals surface area contributed by atoms with Crippen molar-refractivity contribution in [2.24, 2.45) is 11.8 Å². The van der Waals surface area contributed by atoms with Crippen molar-refractivity contribution < 1.29 is 19.3 Å². The van der Waals surface area contributed by atoms with E-state index in [1.54, 1.807) is 0 Å². The maximum Gasteiger partial charge on any atom is 0.540 e. The second kappa shape index (κ2) is 11.3. The van der Waals surface area contributed by atoms with Gasteiger partial charge in [0.25, 0.3) is 0 Å². The summed E-state index contributed by atoms with van der Waals surface area (Å²) in [6.45, 7) is 9.19. The lowest BCUT2D eigenvalue weighted by atomic mass is 10.0. The number of ether oxygens (including phenoxy) is 1. The second-order valence-corrected chi connectivity index (χ2v) is 4.86. The van der Waals surface area contributed by atoms with Crippen molar-refractivity contribution in [1.82, 2.24) is 0 Å². The van der Waals surface area contributed by atoms with Gasteiger partial charge in [0.15, 0.2) is 0 Å². The first-order valence-corrected chi connectivity index (χ1v) is 7.10. The summed E-state index contributed by atoms with van der Waals surface area (Å²) in [5.41, 5.74) is 0. The van der Waals surface area contributed by atoms with Crippen LogP contribution in [0.1, 0.15) is 59.8 Å². The lowest BCUT2D eigenvalue weighted by Gasteiger charge is -2.14. The predicted molar refractivity (Wildman–Crippen MR) is 71.1 cm³/mol. The molecule has 0 aliphatic heterocycles. The molecule has 0 aliphatic rings. The van der Waals surface area contributed by atoms with Crippen LogP contribution in [0.15, 0.2) is 0 Å². The van der Waals surface area contributed by atoms with Crippen LogP contribution in [0.2, 0.25) is 0 Å². The first-order valence-electron chi connectivity index (χ1n) is 7.10. The highest BCUT2D eigenvalue weighted by Crippen LogP contribution is 2.13. The minimum atomic E-state index is -0.728. The fraction of sp³-hybridized carbons (Fsp3) is 0.929. The van der Waals surface area contributed by atoms with E-state index >= 15 is 0 Å². The molecule has 0 aromatic heterocycles. The van der Waals surface area contributed by atoms with E-state index in [1.165, 1.54) is 12.8 Å². The zero-order valence-electron chi connectivity index (χ0n) is 12.2. The molecule has 18 heavy (non-hydrogen) atoms. The second-order valence-electron chi connectivity index (χ2n) is 4.86. The normalized spacial score (nSPS) is 14.0. The number of carbonyl (C=O) groups excluding carboxylic acids is 1. The summed E-state index contributed by atoms with van der Waals surface area (Å²) in [4.78, 5) is 20.6. The topological polar surface area (TPSA) is 44.8 Å². The standard InChI is InChI=1S/C14H28O4/c1-5-8-9-13(7-3)11-16-14(15)18-17-10-12(4)6-2/h12-13H,5-11H2,1-4H3. The van der Waals surface area contributed by atoms with E-state index in [1.807, 2.05) is 6.92 Å². The number of hydrogen-bond donors (Lipinski definition) is 0. The van der Waals surface area contributed by atoms with Crippen LogP contribution in [0.25, 0.3) is 0 Å². The molecule has 108 valence electrons. The molecule has 0 aromatic rings. The molecular weight excluding hydrogens is 232 g/mol. The van der Waals surface area contributed by atoms with E-state index in [2.05, 4.69) is 25.7 Å². The van der Waals surface area contributed by atoms with E-state index in [0.29, 0.717) is 25.0 Å². The quantitative estimate of drug-likeness (QED) is 0.333. The summed E-state index contributed by atoms with van der Waals surface area (Å²) in [6.07, 6.45) is 4.70. The smallest absolute Gasteiger partial charge is 0.432 e. The third-order valence-corrected chi connectivity index (χ3v) is 3.16. The average molecular weight is 260 g/mol. The van der Waals surface area contributed by atoms with Gasteiger partial charge in [-0.15, -0.1) is 0 Å². The molecular formula is C14H28O4. The molecule has 0 saturated carbocycles.